The first-order chi connectivity index (χ1) is 9.99. The Hall–Kier alpha value is -1.59. The molecule has 0 spiro atoms. The van der Waals surface area contributed by atoms with Crippen molar-refractivity contribution in [2.45, 2.75) is 13.0 Å². The first kappa shape index (κ1) is 15.8. The Morgan fingerprint density at radius 2 is 2.14 bits per heavy atom. The second kappa shape index (κ2) is 6.91. The van der Waals surface area contributed by atoms with Crippen LogP contribution in [0.4, 0.5) is 0 Å². The number of amides is 1. The number of hydrogen-bond acceptors (Lipinski definition) is 3. The third-order valence-corrected chi connectivity index (χ3v) is 3.98. The molecule has 5 heteroatoms. The normalized spacial score (nSPS) is 12.4. The van der Waals surface area contributed by atoms with Crippen molar-refractivity contribution in [2.24, 2.45) is 0 Å². The Kier molecular flexibility index (Phi) is 5.20. The summed E-state index contributed by atoms with van der Waals surface area (Å²) < 4.78 is 6.24. The van der Waals surface area contributed by atoms with Gasteiger partial charge in [-0.2, -0.15) is 0 Å². The number of nitrogens with zero attached hydrogens (tertiary/aromatic N) is 1. The summed E-state index contributed by atoms with van der Waals surface area (Å²) in [5.41, 5.74) is 1.75. The summed E-state index contributed by atoms with van der Waals surface area (Å²) in [6, 6.07) is 9.46. The van der Waals surface area contributed by atoms with Crippen LogP contribution in [-0.4, -0.2) is 31.4 Å². The van der Waals surface area contributed by atoms with Gasteiger partial charge in [0.2, 0.25) is 0 Å². The maximum atomic E-state index is 12.3. The first-order valence-corrected chi connectivity index (χ1v) is 7.52. The van der Waals surface area contributed by atoms with Crippen LogP contribution in [0.25, 0.3) is 0 Å². The fourth-order valence-electron chi connectivity index (χ4n) is 2.11. The molecule has 21 heavy (non-hydrogen) atoms. The average Bonchev–Trinajstić information content (AvgIpc) is 2.92. The lowest BCUT2D eigenvalue weighted by Crippen LogP contribution is -2.34. The lowest BCUT2D eigenvalue weighted by atomic mass is 10.1. The summed E-state index contributed by atoms with van der Waals surface area (Å²) in [5.74, 6) is 0.739. The molecule has 0 aliphatic carbocycles. The summed E-state index contributed by atoms with van der Waals surface area (Å²) >= 11 is 3.43. The second-order valence-corrected chi connectivity index (χ2v) is 6.04. The van der Waals surface area contributed by atoms with Gasteiger partial charge >= 0.3 is 0 Å². The van der Waals surface area contributed by atoms with E-state index >= 15 is 0 Å². The topological polar surface area (TPSA) is 45.5 Å². The Bertz CT molecular complexity index is 609. The molecule has 1 aromatic heterocycles. The minimum Gasteiger partial charge on any atom is -0.468 e. The quantitative estimate of drug-likeness (QED) is 0.898. The lowest BCUT2D eigenvalue weighted by molar-refractivity contribution is 0.0938. The molecule has 0 aliphatic heterocycles. The molecule has 1 unspecified atom stereocenters. The zero-order valence-electron chi connectivity index (χ0n) is 12.4. The molecular weight excluding hydrogens is 332 g/mol. The first-order valence-electron chi connectivity index (χ1n) is 6.73. The monoisotopic (exact) mass is 350 g/mol. The zero-order valence-corrected chi connectivity index (χ0v) is 14.0. The van der Waals surface area contributed by atoms with Gasteiger partial charge in [-0.1, -0.05) is 6.07 Å². The molecule has 1 N–H and O–H groups in total. The van der Waals surface area contributed by atoms with Crippen molar-refractivity contribution in [3.05, 3.63) is 58.0 Å². The molecule has 2 aromatic rings. The van der Waals surface area contributed by atoms with Gasteiger partial charge in [0.25, 0.3) is 5.91 Å². The van der Waals surface area contributed by atoms with E-state index in [1.165, 1.54) is 0 Å². The molecule has 4 nitrogen and oxygen atoms in total. The van der Waals surface area contributed by atoms with Crippen LogP contribution in [0.1, 0.15) is 27.7 Å². The Labute approximate surface area is 133 Å². The molecule has 2 rings (SSSR count). The summed E-state index contributed by atoms with van der Waals surface area (Å²) in [6.07, 6.45) is 1.64. The molecule has 0 radical (unpaired) electrons. The Morgan fingerprint density at radius 1 is 1.38 bits per heavy atom. The van der Waals surface area contributed by atoms with Crippen LogP contribution in [0.5, 0.6) is 0 Å². The maximum absolute atomic E-state index is 12.3. The highest BCUT2D eigenvalue weighted by molar-refractivity contribution is 9.10. The van der Waals surface area contributed by atoms with E-state index in [0.717, 1.165) is 15.8 Å². The van der Waals surface area contributed by atoms with Crippen LogP contribution < -0.4 is 5.32 Å². The standard InChI is InChI=1S/C16H19BrN2O2/c1-11-6-7-12(13(17)9-11)16(20)18-10-14(19(2)3)15-5-4-8-21-15/h4-9,14H,10H2,1-3H3,(H,18,20). The smallest absolute Gasteiger partial charge is 0.252 e. The highest BCUT2D eigenvalue weighted by Gasteiger charge is 2.19. The van der Waals surface area contributed by atoms with Crippen molar-refractivity contribution in [1.82, 2.24) is 10.2 Å². The molecule has 1 amide bonds. The van der Waals surface area contributed by atoms with Gasteiger partial charge in [0.15, 0.2) is 0 Å². The highest BCUT2D eigenvalue weighted by atomic mass is 79.9. The number of rotatable bonds is 5. The fraction of sp³-hybridized carbons (Fsp3) is 0.312. The third kappa shape index (κ3) is 3.95. The highest BCUT2D eigenvalue weighted by Crippen LogP contribution is 2.20. The Balaban J connectivity index is 2.05. The number of aryl methyl sites for hydroxylation is 1. The van der Waals surface area contributed by atoms with Crippen molar-refractivity contribution >= 4 is 21.8 Å². The van der Waals surface area contributed by atoms with Crippen LogP contribution in [0.3, 0.4) is 0 Å². The van der Waals surface area contributed by atoms with E-state index in [-0.39, 0.29) is 11.9 Å². The van der Waals surface area contributed by atoms with Gasteiger partial charge < -0.3 is 9.73 Å². The van der Waals surface area contributed by atoms with Crippen LogP contribution in [0, 0.1) is 6.92 Å². The predicted molar refractivity (Wildman–Crippen MR) is 86.3 cm³/mol. The molecule has 0 aliphatic rings. The molecule has 112 valence electrons. The zero-order chi connectivity index (χ0) is 15.4. The van der Waals surface area contributed by atoms with E-state index in [2.05, 4.69) is 21.2 Å². The van der Waals surface area contributed by atoms with Crippen molar-refractivity contribution in [1.29, 1.82) is 0 Å². The van der Waals surface area contributed by atoms with Gasteiger partial charge in [0, 0.05) is 11.0 Å². The van der Waals surface area contributed by atoms with Gasteiger partial charge in [0.1, 0.15) is 5.76 Å². The van der Waals surface area contributed by atoms with Crippen molar-refractivity contribution in [3.63, 3.8) is 0 Å². The summed E-state index contributed by atoms with van der Waals surface area (Å²) in [4.78, 5) is 14.3. The second-order valence-electron chi connectivity index (χ2n) is 5.19. The molecule has 1 heterocycles. The number of benzene rings is 1. The molecule has 1 aromatic carbocycles. The molecule has 0 fully saturated rings. The van der Waals surface area contributed by atoms with Gasteiger partial charge in [0.05, 0.1) is 17.9 Å². The molecular formula is C16H19BrN2O2. The molecule has 0 saturated carbocycles. The van der Waals surface area contributed by atoms with Gasteiger partial charge in [-0.15, -0.1) is 0 Å². The summed E-state index contributed by atoms with van der Waals surface area (Å²) in [5, 5.41) is 2.96. The van der Waals surface area contributed by atoms with Crippen molar-refractivity contribution in [3.8, 4) is 0 Å². The van der Waals surface area contributed by atoms with Crippen LogP contribution in [-0.2, 0) is 0 Å². The Morgan fingerprint density at radius 3 is 2.71 bits per heavy atom. The molecule has 1 atom stereocenters. The van der Waals surface area contributed by atoms with E-state index < -0.39 is 0 Å². The van der Waals surface area contributed by atoms with E-state index in [1.54, 1.807) is 6.26 Å². The van der Waals surface area contributed by atoms with E-state index in [1.807, 2.05) is 56.3 Å². The number of likely N-dealkylation sites (N-methyl/N-ethyl adjacent to an activating group) is 1. The van der Waals surface area contributed by atoms with Crippen LogP contribution >= 0.6 is 15.9 Å². The lowest BCUT2D eigenvalue weighted by Gasteiger charge is -2.22. The molecule has 0 bridgehead atoms. The number of carbonyl (C=O) groups excluding carboxylic acids is 1. The predicted octanol–water partition coefficient (Wildman–Crippen LogP) is 3.38. The number of hydrogen-bond donors (Lipinski definition) is 1. The van der Waals surface area contributed by atoms with Crippen molar-refractivity contribution < 1.29 is 9.21 Å². The number of nitrogens with one attached hydrogen (secondary N) is 1. The minimum absolute atomic E-state index is 0.00757. The van der Waals surface area contributed by atoms with E-state index in [9.17, 15) is 4.79 Å². The van der Waals surface area contributed by atoms with Gasteiger partial charge in [-0.05, 0) is 66.8 Å². The summed E-state index contributed by atoms with van der Waals surface area (Å²) in [7, 11) is 3.92. The van der Waals surface area contributed by atoms with E-state index in [0.29, 0.717) is 12.1 Å². The fourth-order valence-corrected chi connectivity index (χ4v) is 2.78. The third-order valence-electron chi connectivity index (χ3n) is 3.32. The number of halogens is 1. The summed E-state index contributed by atoms with van der Waals surface area (Å²) in [6.45, 7) is 2.48. The number of furan rings is 1. The van der Waals surface area contributed by atoms with Crippen LogP contribution in [0.2, 0.25) is 0 Å². The van der Waals surface area contributed by atoms with Gasteiger partial charge in [-0.3, -0.25) is 9.69 Å². The van der Waals surface area contributed by atoms with E-state index in [4.69, 9.17) is 4.42 Å². The largest absolute Gasteiger partial charge is 0.468 e. The minimum atomic E-state index is -0.0970. The average molecular weight is 351 g/mol. The molecule has 0 saturated heterocycles. The van der Waals surface area contributed by atoms with Gasteiger partial charge in [-0.25, -0.2) is 0 Å². The maximum Gasteiger partial charge on any atom is 0.252 e. The SMILES string of the molecule is Cc1ccc(C(=O)NCC(c2ccco2)N(C)C)c(Br)c1. The number of carbonyl (C=O) groups is 1. The van der Waals surface area contributed by atoms with Crippen LogP contribution in [0.15, 0.2) is 45.5 Å². The van der Waals surface area contributed by atoms with Crippen molar-refractivity contribution in [2.75, 3.05) is 20.6 Å².